The molecule has 3 aromatic rings. The van der Waals surface area contributed by atoms with E-state index in [0.29, 0.717) is 10.0 Å². The van der Waals surface area contributed by atoms with E-state index in [1.54, 1.807) is 18.2 Å². The van der Waals surface area contributed by atoms with E-state index in [9.17, 15) is 4.79 Å². The summed E-state index contributed by atoms with van der Waals surface area (Å²) in [7, 11) is 0. The van der Waals surface area contributed by atoms with Gasteiger partial charge in [0.05, 0.1) is 16.5 Å². The number of hydrogen-bond donors (Lipinski definition) is 2. The van der Waals surface area contributed by atoms with Gasteiger partial charge in [-0.2, -0.15) is 0 Å². The number of para-hydroxylation sites is 1. The summed E-state index contributed by atoms with van der Waals surface area (Å²) in [4.78, 5) is 13.4. The largest absolute Gasteiger partial charge is 0.326 e. The lowest BCUT2D eigenvalue weighted by Crippen LogP contribution is -2.15. The summed E-state index contributed by atoms with van der Waals surface area (Å²) < 4.78 is 3.29. The molecule has 6 heteroatoms. The van der Waals surface area contributed by atoms with Gasteiger partial charge in [0.1, 0.15) is 0 Å². The van der Waals surface area contributed by atoms with E-state index in [2.05, 4.69) is 10.0 Å². The summed E-state index contributed by atoms with van der Waals surface area (Å²) >= 11 is 13.4. The Hall–Kier alpha value is -2.14. The quantitative estimate of drug-likeness (QED) is 0.444. The minimum atomic E-state index is -0.102. The smallest absolute Gasteiger partial charge is 0.228 e. The average Bonchev–Trinajstić information content (AvgIpc) is 2.66. The lowest BCUT2D eigenvalue weighted by atomic mass is 10.1. The molecule has 3 aromatic carbocycles. The maximum atomic E-state index is 12.4. The van der Waals surface area contributed by atoms with E-state index < -0.39 is 0 Å². The van der Waals surface area contributed by atoms with Crippen molar-refractivity contribution in [3.63, 3.8) is 0 Å². The second kappa shape index (κ2) is 9.18. The zero-order valence-corrected chi connectivity index (χ0v) is 17.0. The molecule has 0 radical (unpaired) electrons. The van der Waals surface area contributed by atoms with Gasteiger partial charge in [-0.25, -0.2) is 0 Å². The average molecular weight is 417 g/mol. The molecule has 0 atom stereocenters. The Morgan fingerprint density at radius 1 is 0.963 bits per heavy atom. The second-order valence-electron chi connectivity index (χ2n) is 6.02. The molecule has 1 amide bonds. The highest BCUT2D eigenvalue weighted by Gasteiger charge is 2.09. The van der Waals surface area contributed by atoms with Gasteiger partial charge < -0.3 is 10.0 Å². The fourth-order valence-corrected chi connectivity index (χ4v) is 3.46. The summed E-state index contributed by atoms with van der Waals surface area (Å²) in [5.74, 6) is -0.102. The third-order valence-corrected chi connectivity index (χ3v) is 5.46. The number of amides is 1. The molecule has 2 N–H and O–H groups in total. The van der Waals surface area contributed by atoms with Crippen LogP contribution in [-0.2, 0) is 11.2 Å². The van der Waals surface area contributed by atoms with Crippen molar-refractivity contribution in [2.45, 2.75) is 18.2 Å². The van der Waals surface area contributed by atoms with E-state index in [1.807, 2.05) is 55.5 Å². The number of anilines is 2. The van der Waals surface area contributed by atoms with Crippen LogP contribution in [0.25, 0.3) is 0 Å². The van der Waals surface area contributed by atoms with Crippen LogP contribution in [0.5, 0.6) is 0 Å². The highest BCUT2D eigenvalue weighted by molar-refractivity contribution is 8.00. The number of rotatable bonds is 6. The first-order chi connectivity index (χ1) is 13.0. The molecule has 0 aromatic heterocycles. The maximum Gasteiger partial charge on any atom is 0.228 e. The van der Waals surface area contributed by atoms with Gasteiger partial charge in [0, 0.05) is 16.3 Å². The van der Waals surface area contributed by atoms with Crippen LogP contribution >= 0.6 is 35.1 Å². The molecule has 0 heterocycles. The van der Waals surface area contributed by atoms with Gasteiger partial charge in [0.15, 0.2) is 0 Å². The van der Waals surface area contributed by atoms with E-state index >= 15 is 0 Å². The molecule has 0 saturated carbocycles. The second-order valence-corrected chi connectivity index (χ2v) is 7.71. The Morgan fingerprint density at radius 2 is 1.74 bits per heavy atom. The van der Waals surface area contributed by atoms with Crippen LogP contribution in [0.1, 0.15) is 11.1 Å². The Labute approximate surface area is 173 Å². The summed E-state index contributed by atoms with van der Waals surface area (Å²) in [5.41, 5.74) is 3.63. The topological polar surface area (TPSA) is 41.1 Å². The standard InChI is InChI=1S/C21H18Cl2N2OS/c1-14-7-9-17(27-25-16-5-3-2-4-6-16)13-20(14)24-21(26)12-15-8-10-18(22)19(23)11-15/h2-11,13,25H,12H2,1H3,(H,24,26). The molecule has 27 heavy (non-hydrogen) atoms. The van der Waals surface area contributed by atoms with Crippen LogP contribution in [-0.4, -0.2) is 5.91 Å². The maximum absolute atomic E-state index is 12.4. The molecule has 0 bridgehead atoms. The van der Waals surface area contributed by atoms with Crippen molar-refractivity contribution in [1.29, 1.82) is 0 Å². The van der Waals surface area contributed by atoms with Gasteiger partial charge in [-0.1, -0.05) is 53.5 Å². The van der Waals surface area contributed by atoms with Crippen LogP contribution in [0.3, 0.4) is 0 Å². The minimum absolute atomic E-state index is 0.102. The number of carbonyl (C=O) groups excluding carboxylic acids is 1. The van der Waals surface area contributed by atoms with Crippen LogP contribution in [0.2, 0.25) is 10.0 Å². The van der Waals surface area contributed by atoms with Crippen LogP contribution in [0, 0.1) is 6.92 Å². The number of hydrogen-bond acceptors (Lipinski definition) is 3. The van der Waals surface area contributed by atoms with Crippen molar-refractivity contribution in [2.24, 2.45) is 0 Å². The van der Waals surface area contributed by atoms with Crippen LogP contribution in [0.4, 0.5) is 11.4 Å². The molecular weight excluding hydrogens is 399 g/mol. The zero-order chi connectivity index (χ0) is 19.2. The van der Waals surface area contributed by atoms with Gasteiger partial charge in [-0.3, -0.25) is 4.79 Å². The molecule has 3 rings (SSSR count). The highest BCUT2D eigenvalue weighted by Crippen LogP contribution is 2.27. The molecule has 138 valence electrons. The summed E-state index contributed by atoms with van der Waals surface area (Å²) in [6, 6.07) is 21.1. The molecule has 0 aliphatic rings. The summed E-state index contributed by atoms with van der Waals surface area (Å²) in [5, 5.41) is 3.90. The molecule has 0 saturated heterocycles. The number of nitrogens with one attached hydrogen (secondary N) is 2. The van der Waals surface area contributed by atoms with Gasteiger partial charge in [0.25, 0.3) is 0 Å². The molecule has 0 aliphatic heterocycles. The summed E-state index contributed by atoms with van der Waals surface area (Å²) in [6.07, 6.45) is 0.232. The Kier molecular flexibility index (Phi) is 6.67. The van der Waals surface area contributed by atoms with E-state index in [4.69, 9.17) is 23.2 Å². The number of benzene rings is 3. The molecule has 0 spiro atoms. The Morgan fingerprint density at radius 3 is 2.48 bits per heavy atom. The zero-order valence-electron chi connectivity index (χ0n) is 14.6. The summed E-state index contributed by atoms with van der Waals surface area (Å²) in [6.45, 7) is 1.97. The normalized spacial score (nSPS) is 10.5. The van der Waals surface area contributed by atoms with Gasteiger partial charge in [0.2, 0.25) is 5.91 Å². The third-order valence-electron chi connectivity index (χ3n) is 3.89. The first kappa shape index (κ1) is 19.6. The lowest BCUT2D eigenvalue weighted by molar-refractivity contribution is -0.115. The van der Waals surface area contributed by atoms with Crippen molar-refractivity contribution in [1.82, 2.24) is 0 Å². The van der Waals surface area contributed by atoms with E-state index in [0.717, 1.165) is 27.4 Å². The fraction of sp³-hybridized carbons (Fsp3) is 0.0952. The molecule has 0 aliphatic carbocycles. The molecule has 3 nitrogen and oxygen atoms in total. The van der Waals surface area contributed by atoms with Gasteiger partial charge in [-0.05, 0) is 66.4 Å². The number of halogens is 2. The van der Waals surface area contributed by atoms with Crippen LogP contribution < -0.4 is 10.0 Å². The monoisotopic (exact) mass is 416 g/mol. The van der Waals surface area contributed by atoms with Gasteiger partial charge >= 0.3 is 0 Å². The van der Waals surface area contributed by atoms with Crippen molar-refractivity contribution >= 4 is 52.4 Å². The van der Waals surface area contributed by atoms with Crippen molar-refractivity contribution < 1.29 is 4.79 Å². The lowest BCUT2D eigenvalue weighted by Gasteiger charge is -2.11. The fourth-order valence-electron chi connectivity index (χ4n) is 2.45. The predicted octanol–water partition coefficient (Wildman–Crippen LogP) is 6.60. The Balaban J connectivity index is 1.64. The number of aryl methyl sites for hydroxylation is 1. The predicted molar refractivity (Wildman–Crippen MR) is 116 cm³/mol. The molecule has 0 unspecified atom stereocenters. The SMILES string of the molecule is Cc1ccc(SNc2ccccc2)cc1NC(=O)Cc1ccc(Cl)c(Cl)c1. The van der Waals surface area contributed by atoms with Crippen molar-refractivity contribution in [3.05, 3.63) is 87.9 Å². The van der Waals surface area contributed by atoms with Gasteiger partial charge in [-0.15, -0.1) is 0 Å². The molecule has 0 fully saturated rings. The van der Waals surface area contributed by atoms with Crippen LogP contribution in [0.15, 0.2) is 71.6 Å². The first-order valence-corrected chi connectivity index (χ1v) is 9.91. The van der Waals surface area contributed by atoms with Crippen molar-refractivity contribution in [3.8, 4) is 0 Å². The first-order valence-electron chi connectivity index (χ1n) is 8.33. The number of carbonyl (C=O) groups is 1. The van der Waals surface area contributed by atoms with E-state index in [-0.39, 0.29) is 12.3 Å². The molecular formula is C21H18Cl2N2OS. The highest BCUT2D eigenvalue weighted by atomic mass is 35.5. The van der Waals surface area contributed by atoms with E-state index in [1.165, 1.54) is 11.9 Å². The Bertz CT molecular complexity index is 948. The minimum Gasteiger partial charge on any atom is -0.326 e. The third kappa shape index (κ3) is 5.67. The van der Waals surface area contributed by atoms with Crippen molar-refractivity contribution in [2.75, 3.05) is 10.0 Å².